The van der Waals surface area contributed by atoms with Crippen LogP contribution in [-0.2, 0) is 11.2 Å². The highest BCUT2D eigenvalue weighted by Crippen LogP contribution is 2.27. The normalized spacial score (nSPS) is 16.4. The van der Waals surface area contributed by atoms with Crippen LogP contribution in [0.5, 0.6) is 11.5 Å². The lowest BCUT2D eigenvalue weighted by atomic mass is 10.1. The summed E-state index contributed by atoms with van der Waals surface area (Å²) in [5.41, 5.74) is 1.17. The van der Waals surface area contributed by atoms with Crippen molar-refractivity contribution in [3.8, 4) is 11.5 Å². The molecule has 0 radical (unpaired) electrons. The number of rotatable bonds is 10. The number of likely N-dealkylation sites (N-methyl/N-ethyl adjacent to an activating group) is 1. The van der Waals surface area contributed by atoms with Crippen LogP contribution in [-0.4, -0.2) is 89.3 Å². The number of carbonyl (C=O) groups excluding carboxylic acids is 1. The first-order valence-electron chi connectivity index (χ1n) is 10.6. The van der Waals surface area contributed by atoms with E-state index in [0.29, 0.717) is 0 Å². The Hall–Kier alpha value is -1.75. The fourth-order valence-electron chi connectivity index (χ4n) is 3.74. The number of hydrogen-bond donors (Lipinski definition) is 2. The average Bonchev–Trinajstić information content (AvgIpc) is 3.22. The van der Waals surface area contributed by atoms with Crippen molar-refractivity contribution in [1.82, 2.24) is 20.4 Å². The second-order valence-electron chi connectivity index (χ2n) is 7.65. The third-order valence-corrected chi connectivity index (χ3v) is 5.38. The molecule has 1 fully saturated rings. The van der Waals surface area contributed by atoms with Crippen LogP contribution in [0.25, 0.3) is 0 Å². The molecule has 0 bridgehead atoms. The number of benzene rings is 1. The molecule has 176 valence electrons. The van der Waals surface area contributed by atoms with Crippen LogP contribution in [0, 0.1) is 0 Å². The van der Waals surface area contributed by atoms with Gasteiger partial charge in [-0.3, -0.25) is 14.7 Å². The highest BCUT2D eigenvalue weighted by Gasteiger charge is 2.30. The fourth-order valence-corrected chi connectivity index (χ4v) is 3.74. The molecule has 1 saturated heterocycles. The van der Waals surface area contributed by atoms with Crippen LogP contribution < -0.4 is 20.1 Å². The van der Waals surface area contributed by atoms with E-state index in [1.807, 2.05) is 32.3 Å². The molecule has 1 heterocycles. The first-order chi connectivity index (χ1) is 14.5. The average molecular weight is 547 g/mol. The number of guanidine groups is 1. The van der Waals surface area contributed by atoms with Crippen molar-refractivity contribution in [1.29, 1.82) is 0 Å². The van der Waals surface area contributed by atoms with E-state index in [0.717, 1.165) is 69.3 Å². The van der Waals surface area contributed by atoms with Gasteiger partial charge < -0.3 is 25.0 Å². The molecule has 2 N–H and O–H groups in total. The van der Waals surface area contributed by atoms with Gasteiger partial charge in [0.2, 0.25) is 5.91 Å². The van der Waals surface area contributed by atoms with E-state index in [2.05, 4.69) is 20.5 Å². The molecular weight excluding hydrogens is 509 g/mol. The maximum absolute atomic E-state index is 12.3. The van der Waals surface area contributed by atoms with Crippen molar-refractivity contribution in [3.63, 3.8) is 0 Å². The second kappa shape index (κ2) is 14.3. The topological polar surface area (TPSA) is 78.4 Å². The Morgan fingerprint density at radius 2 is 1.90 bits per heavy atom. The van der Waals surface area contributed by atoms with E-state index >= 15 is 0 Å². The van der Waals surface area contributed by atoms with Gasteiger partial charge in [-0.15, -0.1) is 24.0 Å². The van der Waals surface area contributed by atoms with Gasteiger partial charge in [-0.05, 0) is 49.9 Å². The molecule has 2 rings (SSSR count). The van der Waals surface area contributed by atoms with Gasteiger partial charge in [0.15, 0.2) is 17.5 Å². The SMILES string of the molecule is CN=C(NCCCN1CCCC1C(=O)N(C)C)NCCc1ccc(OC)c(OC)c1.I. The van der Waals surface area contributed by atoms with Crippen molar-refractivity contribution in [3.05, 3.63) is 23.8 Å². The molecule has 9 heteroatoms. The molecule has 1 aliphatic rings. The minimum atomic E-state index is 0. The summed E-state index contributed by atoms with van der Waals surface area (Å²) in [7, 11) is 8.72. The Morgan fingerprint density at radius 3 is 2.55 bits per heavy atom. The zero-order valence-corrected chi connectivity index (χ0v) is 21.8. The highest BCUT2D eigenvalue weighted by atomic mass is 127. The summed E-state index contributed by atoms with van der Waals surface area (Å²) in [6.07, 6.45) is 3.87. The molecule has 0 spiro atoms. The Labute approximate surface area is 203 Å². The van der Waals surface area contributed by atoms with Crippen LogP contribution in [0.2, 0.25) is 0 Å². The molecule has 1 aromatic carbocycles. The summed E-state index contributed by atoms with van der Waals surface area (Å²) in [4.78, 5) is 20.6. The van der Waals surface area contributed by atoms with E-state index in [9.17, 15) is 4.79 Å². The van der Waals surface area contributed by atoms with Crippen LogP contribution in [0.1, 0.15) is 24.8 Å². The van der Waals surface area contributed by atoms with Gasteiger partial charge in [-0.25, -0.2) is 0 Å². The van der Waals surface area contributed by atoms with Gasteiger partial charge in [0.1, 0.15) is 0 Å². The lowest BCUT2D eigenvalue weighted by molar-refractivity contribution is -0.133. The molecule has 31 heavy (non-hydrogen) atoms. The van der Waals surface area contributed by atoms with E-state index < -0.39 is 0 Å². The number of amides is 1. The molecule has 0 saturated carbocycles. The Morgan fingerprint density at radius 1 is 1.19 bits per heavy atom. The number of aliphatic imine (C=N–C) groups is 1. The van der Waals surface area contributed by atoms with Crippen molar-refractivity contribution >= 4 is 35.8 Å². The molecule has 1 aromatic rings. The summed E-state index contributed by atoms with van der Waals surface area (Å²) in [6, 6.07) is 6.01. The Kier molecular flexibility index (Phi) is 12.6. The number of methoxy groups -OCH3 is 2. The number of nitrogens with zero attached hydrogens (tertiary/aromatic N) is 3. The monoisotopic (exact) mass is 547 g/mol. The minimum Gasteiger partial charge on any atom is -0.493 e. The maximum atomic E-state index is 12.3. The number of hydrogen-bond acceptors (Lipinski definition) is 5. The fraction of sp³-hybridized carbons (Fsp3) is 0.636. The van der Waals surface area contributed by atoms with Crippen molar-refractivity contribution in [2.45, 2.75) is 31.7 Å². The minimum absolute atomic E-state index is 0. The quantitative estimate of drug-likeness (QED) is 0.202. The molecule has 1 aliphatic heterocycles. The first kappa shape index (κ1) is 27.3. The Balaban J connectivity index is 0.00000480. The summed E-state index contributed by atoms with van der Waals surface area (Å²) >= 11 is 0. The molecule has 0 aliphatic carbocycles. The predicted molar refractivity (Wildman–Crippen MR) is 136 cm³/mol. The lowest BCUT2D eigenvalue weighted by Gasteiger charge is -2.26. The summed E-state index contributed by atoms with van der Waals surface area (Å²) < 4.78 is 10.6. The standard InChI is InChI=1S/C22H37N5O3.HI/c1-23-22(25-13-11-17-9-10-19(29-4)20(16-17)30-5)24-12-7-15-27-14-6-8-18(27)21(28)26(2)3;/h9-10,16,18H,6-8,11-15H2,1-5H3,(H2,23,24,25);1H. The van der Waals surface area contributed by atoms with Gasteiger partial charge >= 0.3 is 0 Å². The summed E-state index contributed by atoms with van der Waals surface area (Å²) in [5.74, 6) is 2.48. The number of ether oxygens (including phenoxy) is 2. The summed E-state index contributed by atoms with van der Waals surface area (Å²) in [6.45, 7) is 3.50. The molecule has 1 amide bonds. The zero-order chi connectivity index (χ0) is 21.9. The highest BCUT2D eigenvalue weighted by molar-refractivity contribution is 14.0. The van der Waals surface area contributed by atoms with E-state index in [1.165, 1.54) is 5.56 Å². The number of carbonyl (C=O) groups is 1. The van der Waals surface area contributed by atoms with Gasteiger partial charge in [-0.2, -0.15) is 0 Å². The van der Waals surface area contributed by atoms with Crippen molar-refractivity contribution < 1.29 is 14.3 Å². The van der Waals surface area contributed by atoms with Gasteiger partial charge in [-0.1, -0.05) is 6.07 Å². The van der Waals surface area contributed by atoms with E-state index in [1.54, 1.807) is 26.2 Å². The van der Waals surface area contributed by atoms with Gasteiger partial charge in [0, 0.05) is 40.8 Å². The largest absolute Gasteiger partial charge is 0.493 e. The first-order valence-corrected chi connectivity index (χ1v) is 10.6. The second-order valence-corrected chi connectivity index (χ2v) is 7.65. The number of nitrogens with one attached hydrogen (secondary N) is 2. The van der Waals surface area contributed by atoms with Crippen LogP contribution in [0.4, 0.5) is 0 Å². The third-order valence-electron chi connectivity index (χ3n) is 5.38. The van der Waals surface area contributed by atoms with Gasteiger partial charge in [0.05, 0.1) is 20.3 Å². The molecule has 1 unspecified atom stereocenters. The Bertz CT molecular complexity index is 714. The van der Waals surface area contributed by atoms with Crippen LogP contribution in [0.3, 0.4) is 0 Å². The molecule has 1 atom stereocenters. The lowest BCUT2D eigenvalue weighted by Crippen LogP contribution is -2.44. The third kappa shape index (κ3) is 8.36. The number of likely N-dealkylation sites (tertiary alicyclic amines) is 1. The van der Waals surface area contributed by atoms with Crippen molar-refractivity contribution in [2.24, 2.45) is 4.99 Å². The van der Waals surface area contributed by atoms with Gasteiger partial charge in [0.25, 0.3) is 0 Å². The zero-order valence-electron chi connectivity index (χ0n) is 19.4. The molecular formula is C22H38IN5O3. The van der Waals surface area contributed by atoms with Crippen LogP contribution in [0.15, 0.2) is 23.2 Å². The smallest absolute Gasteiger partial charge is 0.239 e. The predicted octanol–water partition coefficient (Wildman–Crippen LogP) is 1.97. The maximum Gasteiger partial charge on any atom is 0.239 e. The van der Waals surface area contributed by atoms with Crippen molar-refractivity contribution in [2.75, 3.05) is 61.5 Å². The van der Waals surface area contributed by atoms with E-state index in [-0.39, 0.29) is 35.9 Å². The molecule has 8 nitrogen and oxygen atoms in total. The summed E-state index contributed by atoms with van der Waals surface area (Å²) in [5, 5.41) is 6.71. The van der Waals surface area contributed by atoms with E-state index in [4.69, 9.17) is 9.47 Å². The van der Waals surface area contributed by atoms with Crippen LogP contribution >= 0.6 is 24.0 Å². The molecule has 0 aromatic heterocycles. The number of halogens is 1.